The molecule has 0 saturated carbocycles. The predicted octanol–water partition coefficient (Wildman–Crippen LogP) is -0.0881. The number of hydrogen-bond acceptors (Lipinski definition) is 5. The van der Waals surface area contributed by atoms with Gasteiger partial charge in [0.15, 0.2) is 5.82 Å². The maximum absolute atomic E-state index is 10.6. The van der Waals surface area contributed by atoms with Gasteiger partial charge in [-0.15, -0.1) is 10.2 Å². The lowest BCUT2D eigenvalue weighted by atomic mass is 10.2. The fourth-order valence-electron chi connectivity index (χ4n) is 1.05. The molecule has 1 aromatic heterocycles. The maximum Gasteiger partial charge on any atom is 0.227 e. The minimum atomic E-state index is -0.391. The van der Waals surface area contributed by atoms with Crippen molar-refractivity contribution in [2.24, 2.45) is 5.73 Å². The Balaban J connectivity index is 2.58. The normalized spacial score (nSPS) is 10.5. The van der Waals surface area contributed by atoms with E-state index in [1.807, 2.05) is 0 Å². The monoisotopic (exact) mass is 229 g/mol. The molecule has 4 N–H and O–H groups in total. The summed E-state index contributed by atoms with van der Waals surface area (Å²) in [5.41, 5.74) is 5.02. The average molecular weight is 229 g/mol. The van der Waals surface area contributed by atoms with Crippen LogP contribution in [0.5, 0.6) is 0 Å². The lowest BCUT2D eigenvalue weighted by Gasteiger charge is -2.01. The third kappa shape index (κ3) is 3.43. The number of carbonyl (C=O) groups excluding carboxylic acids is 1. The summed E-state index contributed by atoms with van der Waals surface area (Å²) in [6, 6.07) is 0. The Labute approximate surface area is 92.4 Å². The molecule has 0 saturated heterocycles. The van der Waals surface area contributed by atoms with Gasteiger partial charge in [0.05, 0.1) is 5.75 Å². The third-order valence-corrected chi connectivity index (χ3v) is 2.80. The first kappa shape index (κ1) is 11.8. The second kappa shape index (κ2) is 5.59. The van der Waals surface area contributed by atoms with Crippen LogP contribution in [0.25, 0.3) is 0 Å². The quantitative estimate of drug-likeness (QED) is 0.524. The van der Waals surface area contributed by atoms with Crippen LogP contribution in [0.15, 0.2) is 5.16 Å². The van der Waals surface area contributed by atoms with Gasteiger partial charge in [0, 0.05) is 6.42 Å². The molecule has 0 bridgehead atoms. The molecule has 0 aromatic carbocycles. The van der Waals surface area contributed by atoms with E-state index in [9.17, 15) is 4.79 Å². The number of unbranched alkanes of at least 4 members (excludes halogenated alkanes) is 1. The van der Waals surface area contributed by atoms with Gasteiger partial charge < -0.3 is 11.6 Å². The Morgan fingerprint density at radius 3 is 2.87 bits per heavy atom. The predicted molar refractivity (Wildman–Crippen MR) is 58.7 cm³/mol. The summed E-state index contributed by atoms with van der Waals surface area (Å²) in [6.45, 7) is 2.10. The summed E-state index contributed by atoms with van der Waals surface area (Å²) in [5.74, 6) is 6.27. The van der Waals surface area contributed by atoms with Crippen molar-refractivity contribution in [2.45, 2.75) is 31.3 Å². The Morgan fingerprint density at radius 1 is 1.53 bits per heavy atom. The molecule has 0 fully saturated rings. The van der Waals surface area contributed by atoms with Crippen molar-refractivity contribution in [1.29, 1.82) is 0 Å². The Hall–Kier alpha value is -1.24. The molecule has 0 aliphatic carbocycles. The van der Waals surface area contributed by atoms with Crippen LogP contribution in [0.4, 0.5) is 0 Å². The second-order valence-corrected chi connectivity index (χ2v) is 4.07. The molecule has 0 atom stereocenters. The molecular weight excluding hydrogens is 214 g/mol. The SMILES string of the molecule is CCCCc1nnc(SCC(N)=O)n1N. The van der Waals surface area contributed by atoms with E-state index in [0.29, 0.717) is 5.16 Å². The van der Waals surface area contributed by atoms with Gasteiger partial charge >= 0.3 is 0 Å². The zero-order valence-corrected chi connectivity index (χ0v) is 9.46. The Kier molecular flexibility index (Phi) is 4.41. The molecule has 0 radical (unpaired) electrons. The number of aryl methyl sites for hydroxylation is 1. The van der Waals surface area contributed by atoms with E-state index in [0.717, 1.165) is 25.1 Å². The zero-order valence-electron chi connectivity index (χ0n) is 8.64. The van der Waals surface area contributed by atoms with Crippen molar-refractivity contribution in [1.82, 2.24) is 14.9 Å². The summed E-state index contributed by atoms with van der Waals surface area (Å²) in [4.78, 5) is 10.6. The van der Waals surface area contributed by atoms with Crippen molar-refractivity contribution >= 4 is 17.7 Å². The number of thioether (sulfide) groups is 1. The molecule has 1 rings (SSSR count). The average Bonchev–Trinajstić information content (AvgIpc) is 2.54. The molecule has 1 aromatic rings. The first-order valence-electron chi connectivity index (χ1n) is 4.75. The van der Waals surface area contributed by atoms with E-state index in [-0.39, 0.29) is 5.75 Å². The van der Waals surface area contributed by atoms with Crippen LogP contribution >= 0.6 is 11.8 Å². The summed E-state index contributed by atoms with van der Waals surface area (Å²) in [7, 11) is 0. The first-order valence-corrected chi connectivity index (χ1v) is 5.74. The minimum absolute atomic E-state index is 0.170. The minimum Gasteiger partial charge on any atom is -0.369 e. The molecule has 7 heteroatoms. The van der Waals surface area contributed by atoms with Crippen LogP contribution in [0.3, 0.4) is 0 Å². The number of amides is 1. The lowest BCUT2D eigenvalue weighted by molar-refractivity contribution is -0.115. The molecule has 0 aliphatic heterocycles. The van der Waals surface area contributed by atoms with Gasteiger partial charge in [0.2, 0.25) is 11.1 Å². The summed E-state index contributed by atoms with van der Waals surface area (Å²) >= 11 is 1.20. The topological polar surface area (TPSA) is 99.8 Å². The fraction of sp³-hybridized carbons (Fsp3) is 0.625. The molecular formula is C8H15N5OS. The highest BCUT2D eigenvalue weighted by molar-refractivity contribution is 7.99. The zero-order chi connectivity index (χ0) is 11.3. The molecule has 1 amide bonds. The standard InChI is InChI=1S/C8H15N5OS/c1-2-3-4-7-11-12-8(13(7)10)15-5-6(9)14/h2-5,10H2,1H3,(H2,9,14). The van der Waals surface area contributed by atoms with Gasteiger partial charge in [-0.2, -0.15) is 0 Å². The van der Waals surface area contributed by atoms with Gasteiger partial charge in [-0.25, -0.2) is 4.68 Å². The number of primary amides is 1. The van der Waals surface area contributed by atoms with Crippen molar-refractivity contribution in [3.63, 3.8) is 0 Å². The van der Waals surface area contributed by atoms with E-state index < -0.39 is 5.91 Å². The van der Waals surface area contributed by atoms with Gasteiger partial charge in [-0.3, -0.25) is 4.79 Å². The highest BCUT2D eigenvalue weighted by atomic mass is 32.2. The smallest absolute Gasteiger partial charge is 0.227 e. The maximum atomic E-state index is 10.6. The number of nitrogens with two attached hydrogens (primary N) is 2. The largest absolute Gasteiger partial charge is 0.369 e. The van der Waals surface area contributed by atoms with Gasteiger partial charge in [0.25, 0.3) is 0 Å². The Bertz CT molecular complexity index is 338. The molecule has 0 aliphatic rings. The highest BCUT2D eigenvalue weighted by Crippen LogP contribution is 2.14. The van der Waals surface area contributed by atoms with Gasteiger partial charge in [-0.1, -0.05) is 25.1 Å². The molecule has 84 valence electrons. The molecule has 6 nitrogen and oxygen atoms in total. The molecule has 0 spiro atoms. The summed E-state index contributed by atoms with van der Waals surface area (Å²) < 4.78 is 1.42. The number of rotatable bonds is 6. The van der Waals surface area contributed by atoms with Crippen molar-refractivity contribution in [2.75, 3.05) is 11.6 Å². The van der Waals surface area contributed by atoms with Crippen LogP contribution in [0.1, 0.15) is 25.6 Å². The van der Waals surface area contributed by atoms with E-state index in [2.05, 4.69) is 17.1 Å². The number of aromatic nitrogens is 3. The molecule has 1 heterocycles. The van der Waals surface area contributed by atoms with Crippen LogP contribution < -0.4 is 11.6 Å². The summed E-state index contributed by atoms with van der Waals surface area (Å²) in [5, 5.41) is 8.36. The first-order chi connectivity index (χ1) is 7.15. The number of nitrogens with zero attached hydrogens (tertiary/aromatic N) is 3. The van der Waals surface area contributed by atoms with E-state index in [1.54, 1.807) is 0 Å². The lowest BCUT2D eigenvalue weighted by Crippen LogP contribution is -2.17. The fourth-order valence-corrected chi connectivity index (χ4v) is 1.66. The molecule has 15 heavy (non-hydrogen) atoms. The van der Waals surface area contributed by atoms with Gasteiger partial charge in [0.1, 0.15) is 0 Å². The van der Waals surface area contributed by atoms with Crippen LogP contribution in [-0.4, -0.2) is 26.5 Å². The number of hydrogen-bond donors (Lipinski definition) is 2. The Morgan fingerprint density at radius 2 is 2.27 bits per heavy atom. The van der Waals surface area contributed by atoms with Crippen LogP contribution in [0.2, 0.25) is 0 Å². The molecule has 0 unspecified atom stereocenters. The van der Waals surface area contributed by atoms with E-state index in [1.165, 1.54) is 16.4 Å². The van der Waals surface area contributed by atoms with Crippen molar-refractivity contribution in [3.8, 4) is 0 Å². The number of nitrogen functional groups attached to an aromatic ring is 1. The third-order valence-electron chi connectivity index (χ3n) is 1.83. The summed E-state index contributed by atoms with van der Waals surface area (Å²) in [6.07, 6.45) is 2.91. The van der Waals surface area contributed by atoms with Gasteiger partial charge in [-0.05, 0) is 6.42 Å². The van der Waals surface area contributed by atoms with Crippen LogP contribution in [0, 0.1) is 0 Å². The van der Waals surface area contributed by atoms with E-state index in [4.69, 9.17) is 11.6 Å². The van der Waals surface area contributed by atoms with Crippen molar-refractivity contribution in [3.05, 3.63) is 5.82 Å². The van der Waals surface area contributed by atoms with Crippen molar-refractivity contribution < 1.29 is 4.79 Å². The number of carbonyl (C=O) groups is 1. The van der Waals surface area contributed by atoms with Crippen LogP contribution in [-0.2, 0) is 11.2 Å². The van der Waals surface area contributed by atoms with E-state index >= 15 is 0 Å². The highest BCUT2D eigenvalue weighted by Gasteiger charge is 2.10. The second-order valence-electron chi connectivity index (χ2n) is 3.13.